The number of hydrogen-bond donors (Lipinski definition) is 0. The Morgan fingerprint density at radius 3 is 2.50 bits per heavy atom. The molecule has 0 radical (unpaired) electrons. The average molecular weight is 335 g/mol. The molecule has 0 aliphatic heterocycles. The summed E-state index contributed by atoms with van der Waals surface area (Å²) in [5.74, 6) is 0.786. The summed E-state index contributed by atoms with van der Waals surface area (Å²) in [5.41, 5.74) is 2.08. The quantitative estimate of drug-likeness (QED) is 0.625. The molecule has 0 N–H and O–H groups in total. The van der Waals surface area contributed by atoms with E-state index in [4.69, 9.17) is 9.47 Å². The van der Waals surface area contributed by atoms with Crippen LogP contribution in [0.2, 0.25) is 0 Å². The molecule has 3 nitrogen and oxygen atoms in total. The third-order valence-corrected chi connectivity index (χ3v) is 3.26. The molecule has 2 aromatic carbocycles. The fraction of sp³-hybridized carbons (Fsp3) is 0.188. The number of hydrogen-bond acceptors (Lipinski definition) is 3. The van der Waals surface area contributed by atoms with Gasteiger partial charge in [0.2, 0.25) is 0 Å². The van der Waals surface area contributed by atoms with E-state index < -0.39 is 5.97 Å². The standard InChI is InChI=1S/C16H15BrO3/c1-11-3-4-12(2)15(9-11)19-10-16(18)20-14-7-5-13(17)6-8-14/h3-9H,10H2,1-2H3. The molecule has 0 atom stereocenters. The van der Waals surface area contributed by atoms with E-state index in [0.29, 0.717) is 11.5 Å². The lowest BCUT2D eigenvalue weighted by molar-refractivity contribution is -0.136. The van der Waals surface area contributed by atoms with E-state index in [1.807, 2.05) is 44.2 Å². The van der Waals surface area contributed by atoms with E-state index in [-0.39, 0.29) is 6.61 Å². The summed E-state index contributed by atoms with van der Waals surface area (Å²) in [4.78, 5) is 11.7. The average Bonchev–Trinajstić information content (AvgIpc) is 2.42. The first-order valence-corrected chi connectivity index (χ1v) is 7.00. The number of rotatable bonds is 4. The van der Waals surface area contributed by atoms with Gasteiger partial charge in [-0.2, -0.15) is 0 Å². The molecule has 0 fully saturated rings. The van der Waals surface area contributed by atoms with Gasteiger partial charge >= 0.3 is 5.97 Å². The van der Waals surface area contributed by atoms with E-state index in [1.54, 1.807) is 12.1 Å². The maximum atomic E-state index is 11.7. The van der Waals surface area contributed by atoms with Gasteiger partial charge in [-0.15, -0.1) is 0 Å². The van der Waals surface area contributed by atoms with Crippen molar-refractivity contribution in [1.29, 1.82) is 0 Å². The maximum absolute atomic E-state index is 11.7. The number of esters is 1. The van der Waals surface area contributed by atoms with Crippen LogP contribution in [-0.4, -0.2) is 12.6 Å². The molecule has 0 saturated carbocycles. The van der Waals surface area contributed by atoms with Crippen molar-refractivity contribution in [1.82, 2.24) is 0 Å². The Labute approximate surface area is 126 Å². The summed E-state index contributed by atoms with van der Waals surface area (Å²) in [5, 5.41) is 0. The number of aryl methyl sites for hydroxylation is 2. The number of halogens is 1. The van der Waals surface area contributed by atoms with Crippen LogP contribution in [0.1, 0.15) is 11.1 Å². The highest BCUT2D eigenvalue weighted by atomic mass is 79.9. The molecule has 4 heteroatoms. The molecule has 0 spiro atoms. The largest absolute Gasteiger partial charge is 0.482 e. The van der Waals surface area contributed by atoms with Gasteiger partial charge in [0, 0.05) is 4.47 Å². The van der Waals surface area contributed by atoms with Gasteiger partial charge in [0.25, 0.3) is 0 Å². The van der Waals surface area contributed by atoms with E-state index in [9.17, 15) is 4.79 Å². The van der Waals surface area contributed by atoms with Crippen molar-refractivity contribution < 1.29 is 14.3 Å². The number of benzene rings is 2. The normalized spacial score (nSPS) is 10.2. The molecule has 104 valence electrons. The van der Waals surface area contributed by atoms with Crippen molar-refractivity contribution in [3.63, 3.8) is 0 Å². The lowest BCUT2D eigenvalue weighted by atomic mass is 10.1. The van der Waals surface area contributed by atoms with E-state index >= 15 is 0 Å². The zero-order chi connectivity index (χ0) is 14.5. The Bertz CT molecular complexity index is 606. The SMILES string of the molecule is Cc1ccc(C)c(OCC(=O)Oc2ccc(Br)cc2)c1. The van der Waals surface area contributed by atoms with Crippen molar-refractivity contribution in [3.05, 3.63) is 58.1 Å². The molecule has 0 bridgehead atoms. The highest BCUT2D eigenvalue weighted by Crippen LogP contribution is 2.19. The van der Waals surface area contributed by atoms with Crippen LogP contribution in [0.25, 0.3) is 0 Å². The summed E-state index contributed by atoms with van der Waals surface area (Å²) in [7, 11) is 0. The van der Waals surface area contributed by atoms with Gasteiger partial charge in [0.1, 0.15) is 11.5 Å². The highest BCUT2D eigenvalue weighted by Gasteiger charge is 2.07. The molecule has 0 aliphatic carbocycles. The fourth-order valence-corrected chi connectivity index (χ4v) is 1.93. The zero-order valence-electron chi connectivity index (χ0n) is 11.4. The molecule has 0 saturated heterocycles. The Morgan fingerprint density at radius 1 is 1.10 bits per heavy atom. The van der Waals surface area contributed by atoms with Crippen molar-refractivity contribution in [3.8, 4) is 11.5 Å². The zero-order valence-corrected chi connectivity index (χ0v) is 12.9. The van der Waals surface area contributed by atoms with Crippen LogP contribution in [0.3, 0.4) is 0 Å². The molecular weight excluding hydrogens is 320 g/mol. The minimum Gasteiger partial charge on any atom is -0.482 e. The monoisotopic (exact) mass is 334 g/mol. The van der Waals surface area contributed by atoms with Gasteiger partial charge in [0.15, 0.2) is 6.61 Å². The van der Waals surface area contributed by atoms with Crippen molar-refractivity contribution >= 4 is 21.9 Å². The second-order valence-electron chi connectivity index (χ2n) is 4.49. The Kier molecular flexibility index (Phi) is 4.79. The van der Waals surface area contributed by atoms with Crippen LogP contribution >= 0.6 is 15.9 Å². The van der Waals surface area contributed by atoms with Crippen LogP contribution in [0.15, 0.2) is 46.9 Å². The lowest BCUT2D eigenvalue weighted by Crippen LogP contribution is -2.18. The smallest absolute Gasteiger partial charge is 0.349 e. The minimum absolute atomic E-state index is 0.111. The van der Waals surface area contributed by atoms with Crippen molar-refractivity contribution in [2.75, 3.05) is 6.61 Å². The van der Waals surface area contributed by atoms with Gasteiger partial charge in [0.05, 0.1) is 0 Å². The lowest BCUT2D eigenvalue weighted by Gasteiger charge is -2.09. The summed E-state index contributed by atoms with van der Waals surface area (Å²) in [6, 6.07) is 12.9. The van der Waals surface area contributed by atoms with Crippen LogP contribution in [0.5, 0.6) is 11.5 Å². The molecule has 0 unspecified atom stereocenters. The molecular formula is C16H15BrO3. The third-order valence-electron chi connectivity index (χ3n) is 2.73. The first kappa shape index (κ1) is 14.6. The molecule has 2 rings (SSSR count). The topological polar surface area (TPSA) is 35.5 Å². The summed E-state index contributed by atoms with van der Waals surface area (Å²) in [6.07, 6.45) is 0. The second kappa shape index (κ2) is 6.57. The van der Waals surface area contributed by atoms with E-state index in [1.165, 1.54) is 0 Å². The Balaban J connectivity index is 1.92. The molecule has 2 aromatic rings. The predicted molar refractivity (Wildman–Crippen MR) is 81.2 cm³/mol. The van der Waals surface area contributed by atoms with Gasteiger partial charge in [-0.05, 0) is 55.3 Å². The van der Waals surface area contributed by atoms with Crippen LogP contribution in [0.4, 0.5) is 0 Å². The highest BCUT2D eigenvalue weighted by molar-refractivity contribution is 9.10. The summed E-state index contributed by atoms with van der Waals surface area (Å²) < 4.78 is 11.6. The number of ether oxygens (including phenoxy) is 2. The summed E-state index contributed by atoms with van der Waals surface area (Å²) >= 11 is 3.32. The van der Waals surface area contributed by atoms with Crippen molar-refractivity contribution in [2.24, 2.45) is 0 Å². The molecule has 20 heavy (non-hydrogen) atoms. The predicted octanol–water partition coefficient (Wildman–Crippen LogP) is 4.05. The maximum Gasteiger partial charge on any atom is 0.349 e. The van der Waals surface area contributed by atoms with Gasteiger partial charge in [-0.3, -0.25) is 0 Å². The number of carbonyl (C=O) groups excluding carboxylic acids is 1. The van der Waals surface area contributed by atoms with Crippen LogP contribution in [0, 0.1) is 13.8 Å². The van der Waals surface area contributed by atoms with Gasteiger partial charge < -0.3 is 9.47 Å². The first-order chi connectivity index (χ1) is 9.54. The van der Waals surface area contributed by atoms with Gasteiger partial charge in [-0.1, -0.05) is 28.1 Å². The fourth-order valence-electron chi connectivity index (χ4n) is 1.66. The molecule has 0 aliphatic rings. The third kappa shape index (κ3) is 4.10. The van der Waals surface area contributed by atoms with Crippen LogP contribution in [-0.2, 0) is 4.79 Å². The Hall–Kier alpha value is -1.81. The van der Waals surface area contributed by atoms with E-state index in [2.05, 4.69) is 15.9 Å². The first-order valence-electron chi connectivity index (χ1n) is 6.21. The molecule has 0 amide bonds. The second-order valence-corrected chi connectivity index (χ2v) is 5.40. The summed E-state index contributed by atoms with van der Waals surface area (Å²) in [6.45, 7) is 3.81. The molecule has 0 heterocycles. The molecule has 0 aromatic heterocycles. The van der Waals surface area contributed by atoms with Crippen molar-refractivity contribution in [2.45, 2.75) is 13.8 Å². The Morgan fingerprint density at radius 2 is 1.80 bits per heavy atom. The number of carbonyl (C=O) groups is 1. The van der Waals surface area contributed by atoms with Crippen LogP contribution < -0.4 is 9.47 Å². The van der Waals surface area contributed by atoms with E-state index in [0.717, 1.165) is 15.6 Å². The minimum atomic E-state index is -0.423. The van der Waals surface area contributed by atoms with Gasteiger partial charge in [-0.25, -0.2) is 4.79 Å².